The lowest BCUT2D eigenvalue weighted by Gasteiger charge is -2.35. The molecular weight excluding hydrogens is 248 g/mol. The number of benzene rings is 1. The highest BCUT2D eigenvalue weighted by atomic mass is 35.5. The number of hydrogen-bond acceptors (Lipinski definition) is 1. The van der Waals surface area contributed by atoms with Gasteiger partial charge in [0.05, 0.1) is 6.42 Å². The zero-order valence-corrected chi connectivity index (χ0v) is 9.81. The van der Waals surface area contributed by atoms with Crippen molar-refractivity contribution in [1.82, 2.24) is 5.32 Å². The number of alkyl halides is 2. The summed E-state index contributed by atoms with van der Waals surface area (Å²) in [4.78, 5) is 11.6. The summed E-state index contributed by atoms with van der Waals surface area (Å²) in [5.41, 5.74) is 0.706. The van der Waals surface area contributed by atoms with Gasteiger partial charge >= 0.3 is 0 Å². The average Bonchev–Trinajstić information content (AvgIpc) is 2.18. The van der Waals surface area contributed by atoms with Gasteiger partial charge < -0.3 is 5.32 Å². The predicted molar refractivity (Wildman–Crippen MR) is 61.3 cm³/mol. The number of hydrogen-bond donors (Lipinski definition) is 1. The first-order valence-corrected chi connectivity index (χ1v) is 5.75. The van der Waals surface area contributed by atoms with E-state index < -0.39 is 12.0 Å². The molecule has 1 fully saturated rings. The van der Waals surface area contributed by atoms with E-state index in [1.807, 2.05) is 0 Å². The maximum Gasteiger partial charge on any atom is 0.252 e. The lowest BCUT2D eigenvalue weighted by atomic mass is 9.88. The molecule has 0 atom stereocenters. The van der Waals surface area contributed by atoms with Crippen LogP contribution in [0.2, 0.25) is 5.02 Å². The number of carbonyl (C=O) groups excluding carboxylic acids is 1. The van der Waals surface area contributed by atoms with Gasteiger partial charge in [-0.3, -0.25) is 4.79 Å². The fourth-order valence-electron chi connectivity index (χ4n) is 1.86. The SMILES string of the molecule is O=C(Cc1ccccc1Cl)NC1CC(F)(F)C1. The summed E-state index contributed by atoms with van der Waals surface area (Å²) in [6, 6.07) is 6.60. The molecule has 0 bridgehead atoms. The van der Waals surface area contributed by atoms with Crippen LogP contribution in [0.15, 0.2) is 24.3 Å². The van der Waals surface area contributed by atoms with Gasteiger partial charge in [0.2, 0.25) is 5.91 Å². The Hall–Kier alpha value is -1.16. The molecule has 1 aliphatic carbocycles. The van der Waals surface area contributed by atoms with Crippen LogP contribution in [0.3, 0.4) is 0 Å². The van der Waals surface area contributed by atoms with Crippen LogP contribution in [0.4, 0.5) is 8.78 Å². The Labute approximate surface area is 103 Å². The van der Waals surface area contributed by atoms with Crippen molar-refractivity contribution >= 4 is 17.5 Å². The summed E-state index contributed by atoms with van der Waals surface area (Å²) in [6.07, 6.45) is -0.399. The second-order valence-electron chi connectivity index (χ2n) is 4.30. The minimum absolute atomic E-state index is 0.127. The van der Waals surface area contributed by atoms with Crippen molar-refractivity contribution in [3.8, 4) is 0 Å². The number of carbonyl (C=O) groups is 1. The molecule has 2 rings (SSSR count). The van der Waals surface area contributed by atoms with Gasteiger partial charge in [-0.25, -0.2) is 8.78 Å². The molecule has 0 unspecified atom stereocenters. The molecule has 1 N–H and O–H groups in total. The van der Waals surface area contributed by atoms with E-state index in [2.05, 4.69) is 5.32 Å². The van der Waals surface area contributed by atoms with Crippen LogP contribution >= 0.6 is 11.6 Å². The molecule has 1 aromatic rings. The minimum atomic E-state index is -2.61. The fraction of sp³-hybridized carbons (Fsp3) is 0.417. The molecule has 17 heavy (non-hydrogen) atoms. The van der Waals surface area contributed by atoms with Crippen molar-refractivity contribution in [2.24, 2.45) is 0 Å². The van der Waals surface area contributed by atoms with E-state index in [0.29, 0.717) is 10.6 Å². The summed E-state index contributed by atoms with van der Waals surface area (Å²) in [5.74, 6) is -2.87. The number of rotatable bonds is 3. The molecule has 1 aromatic carbocycles. The van der Waals surface area contributed by atoms with Crippen LogP contribution < -0.4 is 5.32 Å². The molecule has 0 aliphatic heterocycles. The number of nitrogens with one attached hydrogen (secondary N) is 1. The maximum absolute atomic E-state index is 12.6. The average molecular weight is 260 g/mol. The normalized spacial score (nSPS) is 18.5. The zero-order chi connectivity index (χ0) is 12.5. The smallest absolute Gasteiger partial charge is 0.252 e. The highest BCUT2D eigenvalue weighted by Crippen LogP contribution is 2.37. The zero-order valence-electron chi connectivity index (χ0n) is 9.05. The molecule has 1 saturated carbocycles. The van der Waals surface area contributed by atoms with Crippen LogP contribution in [-0.4, -0.2) is 17.9 Å². The summed E-state index contributed by atoms with van der Waals surface area (Å²) in [5, 5.41) is 3.09. The third-order valence-electron chi connectivity index (χ3n) is 2.76. The Kier molecular flexibility index (Phi) is 3.33. The third-order valence-corrected chi connectivity index (χ3v) is 3.13. The second-order valence-corrected chi connectivity index (χ2v) is 4.70. The molecular formula is C12H12ClF2NO. The molecule has 0 radical (unpaired) electrons. The maximum atomic E-state index is 12.6. The van der Waals surface area contributed by atoms with Gasteiger partial charge in [0, 0.05) is 23.9 Å². The molecule has 0 aromatic heterocycles. The van der Waals surface area contributed by atoms with E-state index in [9.17, 15) is 13.6 Å². The largest absolute Gasteiger partial charge is 0.353 e. The Morgan fingerprint density at radius 2 is 2.06 bits per heavy atom. The van der Waals surface area contributed by atoms with Gasteiger partial charge in [-0.2, -0.15) is 0 Å². The van der Waals surface area contributed by atoms with E-state index in [1.54, 1.807) is 24.3 Å². The van der Waals surface area contributed by atoms with Crippen molar-refractivity contribution in [2.45, 2.75) is 31.2 Å². The van der Waals surface area contributed by atoms with Crippen LogP contribution in [0.1, 0.15) is 18.4 Å². The molecule has 0 heterocycles. The van der Waals surface area contributed by atoms with Crippen LogP contribution in [0.5, 0.6) is 0 Å². The summed E-state index contributed by atoms with van der Waals surface area (Å²) in [6.45, 7) is 0. The summed E-state index contributed by atoms with van der Waals surface area (Å²) in [7, 11) is 0. The van der Waals surface area contributed by atoms with Crippen molar-refractivity contribution in [3.05, 3.63) is 34.9 Å². The standard InChI is InChI=1S/C12H12ClF2NO/c13-10-4-2-1-3-8(10)5-11(17)16-9-6-12(14,15)7-9/h1-4,9H,5-7H2,(H,16,17). The topological polar surface area (TPSA) is 29.1 Å². The Bertz CT molecular complexity index is 428. The van der Waals surface area contributed by atoms with Crippen molar-refractivity contribution in [1.29, 1.82) is 0 Å². The lowest BCUT2D eigenvalue weighted by Crippen LogP contribution is -2.50. The first kappa shape index (κ1) is 12.3. The first-order chi connectivity index (χ1) is 7.96. The monoisotopic (exact) mass is 259 g/mol. The minimum Gasteiger partial charge on any atom is -0.353 e. The molecule has 1 amide bonds. The van der Waals surface area contributed by atoms with Crippen molar-refractivity contribution in [2.75, 3.05) is 0 Å². The number of amides is 1. The van der Waals surface area contributed by atoms with Gasteiger partial charge in [0.25, 0.3) is 5.92 Å². The van der Waals surface area contributed by atoms with Crippen LogP contribution in [-0.2, 0) is 11.2 Å². The van der Waals surface area contributed by atoms with Gasteiger partial charge in [-0.1, -0.05) is 29.8 Å². The van der Waals surface area contributed by atoms with E-state index in [4.69, 9.17) is 11.6 Å². The Morgan fingerprint density at radius 1 is 1.41 bits per heavy atom. The van der Waals surface area contributed by atoms with Crippen LogP contribution in [0, 0.1) is 0 Å². The highest BCUT2D eigenvalue weighted by molar-refractivity contribution is 6.31. The van der Waals surface area contributed by atoms with Gasteiger partial charge in [0.1, 0.15) is 0 Å². The fourth-order valence-corrected chi connectivity index (χ4v) is 2.06. The molecule has 0 spiro atoms. The summed E-state index contributed by atoms with van der Waals surface area (Å²) >= 11 is 5.90. The molecule has 92 valence electrons. The molecule has 1 aliphatic rings. The van der Waals surface area contributed by atoms with E-state index in [1.165, 1.54) is 0 Å². The molecule has 0 saturated heterocycles. The highest BCUT2D eigenvalue weighted by Gasteiger charge is 2.45. The van der Waals surface area contributed by atoms with Crippen molar-refractivity contribution in [3.63, 3.8) is 0 Å². The van der Waals surface area contributed by atoms with Crippen molar-refractivity contribution < 1.29 is 13.6 Å². The lowest BCUT2D eigenvalue weighted by molar-refractivity contribution is -0.128. The quantitative estimate of drug-likeness (QED) is 0.889. The van der Waals surface area contributed by atoms with E-state index in [0.717, 1.165) is 0 Å². The first-order valence-electron chi connectivity index (χ1n) is 5.37. The molecule has 2 nitrogen and oxygen atoms in total. The van der Waals surface area contributed by atoms with Gasteiger partial charge in [0.15, 0.2) is 0 Å². The number of halogens is 3. The Balaban J connectivity index is 1.85. The van der Waals surface area contributed by atoms with E-state index >= 15 is 0 Å². The second kappa shape index (κ2) is 4.61. The van der Waals surface area contributed by atoms with Gasteiger partial charge in [-0.05, 0) is 11.6 Å². The Morgan fingerprint density at radius 3 is 2.65 bits per heavy atom. The molecule has 5 heteroatoms. The predicted octanol–water partition coefficient (Wildman–Crippen LogP) is 2.80. The van der Waals surface area contributed by atoms with Crippen LogP contribution in [0.25, 0.3) is 0 Å². The third kappa shape index (κ3) is 3.16. The summed E-state index contributed by atoms with van der Waals surface area (Å²) < 4.78 is 25.1. The van der Waals surface area contributed by atoms with Gasteiger partial charge in [-0.15, -0.1) is 0 Å². The van der Waals surface area contributed by atoms with E-state index in [-0.39, 0.29) is 25.2 Å².